The molecule has 37 heavy (non-hydrogen) atoms. The summed E-state index contributed by atoms with van der Waals surface area (Å²) in [6, 6.07) is 0. The predicted molar refractivity (Wildman–Crippen MR) is 150 cm³/mol. The summed E-state index contributed by atoms with van der Waals surface area (Å²) in [7, 11) is -4.92. The largest absolute Gasteiger partial charge is 0.474 e. The minimum atomic E-state index is -3.29. The van der Waals surface area contributed by atoms with E-state index in [1.54, 1.807) is 6.92 Å². The van der Waals surface area contributed by atoms with E-state index in [0.29, 0.717) is 12.8 Å². The molecule has 0 amide bonds. The number of rotatable bonds is 27. The summed E-state index contributed by atoms with van der Waals surface area (Å²) < 4.78 is 48.0. The van der Waals surface area contributed by atoms with Gasteiger partial charge in [-0.3, -0.25) is 4.74 Å². The SMILES string of the molecule is CCCCCCCCCCCCS(=O)(=O)C(CCCCCCC)CCOC(CC)OC(O)([PH+]=O)C(=O)O. The zero-order valence-corrected chi connectivity index (χ0v) is 25.4. The molecule has 0 aromatic carbocycles. The molecular formula is C27H54O8PS+. The molecule has 0 aliphatic carbocycles. The number of aliphatic carboxylic acids is 1. The van der Waals surface area contributed by atoms with Crippen LogP contribution in [0.4, 0.5) is 0 Å². The lowest BCUT2D eigenvalue weighted by Crippen LogP contribution is -2.40. The second-order valence-corrected chi connectivity index (χ2v) is 13.3. The topological polar surface area (TPSA) is 127 Å². The zero-order valence-electron chi connectivity index (χ0n) is 23.5. The number of sulfone groups is 1. The van der Waals surface area contributed by atoms with Gasteiger partial charge in [0.05, 0.1) is 17.6 Å². The Morgan fingerprint density at radius 3 is 1.76 bits per heavy atom. The molecule has 0 aliphatic heterocycles. The van der Waals surface area contributed by atoms with Crippen molar-refractivity contribution >= 4 is 24.3 Å². The number of carboxylic acid groups (broad SMARTS) is 1. The summed E-state index contributed by atoms with van der Waals surface area (Å²) in [5, 5.41) is 18.4. The summed E-state index contributed by atoms with van der Waals surface area (Å²) >= 11 is 0. The Bertz CT molecular complexity index is 688. The maximum Gasteiger partial charge on any atom is 0.472 e. The quantitative estimate of drug-likeness (QED) is 0.0617. The van der Waals surface area contributed by atoms with Gasteiger partial charge in [0.1, 0.15) is 0 Å². The average Bonchev–Trinajstić information content (AvgIpc) is 2.87. The van der Waals surface area contributed by atoms with Crippen LogP contribution >= 0.6 is 8.46 Å². The lowest BCUT2D eigenvalue weighted by Gasteiger charge is -2.22. The van der Waals surface area contributed by atoms with Gasteiger partial charge < -0.3 is 14.9 Å². The van der Waals surface area contributed by atoms with Crippen molar-refractivity contribution in [3.8, 4) is 0 Å². The van der Waals surface area contributed by atoms with Crippen molar-refractivity contribution in [2.75, 3.05) is 12.4 Å². The van der Waals surface area contributed by atoms with Gasteiger partial charge in [-0.1, -0.05) is 115 Å². The Morgan fingerprint density at radius 2 is 1.30 bits per heavy atom. The van der Waals surface area contributed by atoms with Gasteiger partial charge in [0.15, 0.2) is 16.1 Å². The second kappa shape index (κ2) is 22.2. The van der Waals surface area contributed by atoms with Crippen LogP contribution in [0.5, 0.6) is 0 Å². The molecule has 0 saturated heterocycles. The van der Waals surface area contributed by atoms with Crippen LogP contribution < -0.4 is 0 Å². The second-order valence-electron chi connectivity index (χ2n) is 10.0. The third kappa shape index (κ3) is 17.6. The standard InChI is InChI=1S/C27H53O8PS/c1-4-7-9-11-12-13-14-15-17-19-23-37(32,33)24(20-18-16-10-8-5-2)21-22-34-25(6-3)35-27(30,36-31)26(28)29/h24-25,30H,4-23H2,1-3H3,(H,28,29)/p+1. The Balaban J connectivity index is 4.70. The highest BCUT2D eigenvalue weighted by atomic mass is 32.2. The van der Waals surface area contributed by atoms with Crippen molar-refractivity contribution in [1.29, 1.82) is 0 Å². The number of hydrogen-bond acceptors (Lipinski definition) is 7. The van der Waals surface area contributed by atoms with Gasteiger partial charge in [0.25, 0.3) is 0 Å². The molecule has 10 heteroatoms. The maximum atomic E-state index is 13.2. The van der Waals surface area contributed by atoms with Crippen LogP contribution in [-0.2, 0) is 28.7 Å². The van der Waals surface area contributed by atoms with E-state index in [0.717, 1.165) is 51.4 Å². The number of hydrogen-bond donors (Lipinski definition) is 2. The molecule has 0 aromatic rings. The summed E-state index contributed by atoms with van der Waals surface area (Å²) in [5.41, 5.74) is -2.83. The first-order valence-electron chi connectivity index (χ1n) is 14.5. The number of ether oxygens (including phenoxy) is 2. The van der Waals surface area contributed by atoms with E-state index in [1.165, 1.54) is 38.5 Å². The van der Waals surface area contributed by atoms with Gasteiger partial charge in [-0.2, -0.15) is 0 Å². The Kier molecular flexibility index (Phi) is 21.9. The van der Waals surface area contributed by atoms with Gasteiger partial charge in [-0.25, -0.2) is 13.2 Å². The van der Waals surface area contributed by atoms with Crippen LogP contribution in [0.25, 0.3) is 0 Å². The van der Waals surface area contributed by atoms with Gasteiger partial charge in [-0.15, -0.1) is 0 Å². The predicted octanol–water partition coefficient (Wildman–Crippen LogP) is 6.97. The van der Waals surface area contributed by atoms with Gasteiger partial charge in [-0.05, 0) is 25.7 Å². The lowest BCUT2D eigenvalue weighted by atomic mass is 10.1. The van der Waals surface area contributed by atoms with Crippen LogP contribution in [0.1, 0.15) is 136 Å². The van der Waals surface area contributed by atoms with Crippen LogP contribution in [0.2, 0.25) is 0 Å². The van der Waals surface area contributed by atoms with Crippen molar-refractivity contribution in [1.82, 2.24) is 0 Å². The number of unbranched alkanes of at least 4 members (excludes halogenated alkanes) is 13. The van der Waals surface area contributed by atoms with E-state index in [9.17, 15) is 22.9 Å². The van der Waals surface area contributed by atoms with Crippen molar-refractivity contribution < 1.29 is 37.5 Å². The van der Waals surface area contributed by atoms with Crippen LogP contribution in [-0.4, -0.2) is 54.0 Å². The number of carbonyl (C=O) groups is 1. The summed E-state index contributed by atoms with van der Waals surface area (Å²) in [6.07, 6.45) is 16.6. The first-order chi connectivity index (χ1) is 17.7. The molecule has 220 valence electrons. The maximum absolute atomic E-state index is 13.2. The number of aliphatic hydroxyl groups is 1. The molecule has 2 N–H and O–H groups in total. The third-order valence-electron chi connectivity index (χ3n) is 6.73. The van der Waals surface area contributed by atoms with E-state index in [2.05, 4.69) is 13.8 Å². The summed E-state index contributed by atoms with van der Waals surface area (Å²) in [4.78, 5) is 11.1. The van der Waals surface area contributed by atoms with Crippen LogP contribution in [0.15, 0.2) is 0 Å². The summed E-state index contributed by atoms with van der Waals surface area (Å²) in [6.45, 7) is 6.08. The Hall–Kier alpha value is -0.600. The smallest absolute Gasteiger partial charge is 0.472 e. The Morgan fingerprint density at radius 1 is 0.811 bits per heavy atom. The third-order valence-corrected chi connectivity index (χ3v) is 9.68. The van der Waals surface area contributed by atoms with E-state index < -0.39 is 41.3 Å². The van der Waals surface area contributed by atoms with Crippen LogP contribution in [0.3, 0.4) is 0 Å². The molecule has 0 rings (SSSR count). The molecule has 0 aliphatic rings. The van der Waals surface area contributed by atoms with Crippen molar-refractivity contribution in [3.05, 3.63) is 0 Å². The first-order valence-corrected chi connectivity index (χ1v) is 17.1. The molecule has 0 aromatic heterocycles. The van der Waals surface area contributed by atoms with Crippen molar-refractivity contribution in [2.24, 2.45) is 0 Å². The number of carboxylic acids is 1. The molecule has 0 radical (unpaired) electrons. The molecule has 0 spiro atoms. The minimum Gasteiger partial charge on any atom is -0.474 e. The monoisotopic (exact) mass is 569 g/mol. The van der Waals surface area contributed by atoms with E-state index in [-0.39, 0.29) is 25.2 Å². The fourth-order valence-corrected chi connectivity index (χ4v) is 6.50. The van der Waals surface area contributed by atoms with Gasteiger partial charge in [0, 0.05) is 0 Å². The van der Waals surface area contributed by atoms with Crippen molar-refractivity contribution in [2.45, 2.75) is 153 Å². The highest BCUT2D eigenvalue weighted by molar-refractivity contribution is 7.92. The van der Waals surface area contributed by atoms with E-state index in [4.69, 9.17) is 14.6 Å². The molecule has 4 atom stereocenters. The van der Waals surface area contributed by atoms with E-state index >= 15 is 0 Å². The molecule has 8 nitrogen and oxygen atoms in total. The lowest BCUT2D eigenvalue weighted by molar-refractivity contribution is -0.252. The molecule has 0 fully saturated rings. The fraction of sp³-hybridized carbons (Fsp3) is 0.963. The van der Waals surface area contributed by atoms with E-state index in [1.807, 2.05) is 0 Å². The van der Waals surface area contributed by atoms with Crippen LogP contribution in [0, 0.1) is 0 Å². The first kappa shape index (κ1) is 36.4. The van der Waals surface area contributed by atoms with Crippen molar-refractivity contribution in [3.63, 3.8) is 0 Å². The molecule has 0 bridgehead atoms. The average molecular weight is 570 g/mol. The highest BCUT2D eigenvalue weighted by Crippen LogP contribution is 2.26. The normalized spacial score (nSPS) is 15.5. The molecular weight excluding hydrogens is 515 g/mol. The highest BCUT2D eigenvalue weighted by Gasteiger charge is 2.50. The minimum absolute atomic E-state index is 0.0487. The zero-order chi connectivity index (χ0) is 28.0. The fourth-order valence-electron chi connectivity index (χ4n) is 4.31. The van der Waals surface area contributed by atoms with Gasteiger partial charge >= 0.3 is 20.0 Å². The molecule has 0 saturated carbocycles. The molecule has 4 unspecified atom stereocenters. The Labute approximate surface area is 227 Å². The molecule has 0 heterocycles. The van der Waals surface area contributed by atoms with Gasteiger partial charge in [0.2, 0.25) is 0 Å². The summed E-state index contributed by atoms with van der Waals surface area (Å²) in [5.74, 6) is -1.58.